The summed E-state index contributed by atoms with van der Waals surface area (Å²) in [6, 6.07) is -4.64. The van der Waals surface area contributed by atoms with Crippen LogP contribution in [0, 0.1) is 5.92 Å². The third kappa shape index (κ3) is 12.2. The van der Waals surface area contributed by atoms with Crippen LogP contribution in [0.4, 0.5) is 0 Å². The standard InChI is InChI=1S/C19H35N7O7S/c1-9(2)14(17(31)24-11(18(32)33)4-3-7-23-19(21)22)26-16(30)12(8-34)25-15(29)10(20)5-6-13(27)28/h9-12,14,34H,3-8,20H2,1-2H3,(H,24,31)(H,25,29)(H,26,30)(H,27,28)(H,32,33)(H4,21,22,23). The topological polar surface area (TPSA) is 252 Å². The van der Waals surface area contributed by atoms with Gasteiger partial charge in [0.1, 0.15) is 18.1 Å². The predicted molar refractivity (Wildman–Crippen MR) is 127 cm³/mol. The Morgan fingerprint density at radius 1 is 0.912 bits per heavy atom. The molecular weight excluding hydrogens is 470 g/mol. The summed E-state index contributed by atoms with van der Waals surface area (Å²) in [6.45, 7) is 3.48. The molecule has 0 aliphatic carbocycles. The Morgan fingerprint density at radius 3 is 1.97 bits per heavy atom. The predicted octanol–water partition coefficient (Wildman–Crippen LogP) is -2.64. The molecule has 0 spiro atoms. The third-order valence-electron chi connectivity index (χ3n) is 4.63. The van der Waals surface area contributed by atoms with Crippen LogP contribution in [-0.4, -0.2) is 82.3 Å². The maximum absolute atomic E-state index is 12.7. The number of nitrogens with two attached hydrogens (primary N) is 3. The van der Waals surface area contributed by atoms with Crippen LogP contribution in [0.5, 0.6) is 0 Å². The van der Waals surface area contributed by atoms with Crippen LogP contribution in [0.3, 0.4) is 0 Å². The molecule has 0 radical (unpaired) electrons. The molecule has 0 aliphatic heterocycles. The second kappa shape index (κ2) is 15.7. The van der Waals surface area contributed by atoms with Crippen LogP contribution in [-0.2, 0) is 24.0 Å². The van der Waals surface area contributed by atoms with E-state index >= 15 is 0 Å². The normalized spacial score (nSPS) is 14.3. The Balaban J connectivity index is 5.12. The second-order valence-electron chi connectivity index (χ2n) is 7.86. The first kappa shape index (κ1) is 30.9. The minimum atomic E-state index is -1.26. The number of nitrogens with zero attached hydrogens (tertiary/aromatic N) is 1. The lowest BCUT2D eigenvalue weighted by Gasteiger charge is -2.26. The van der Waals surface area contributed by atoms with E-state index in [1.807, 2.05) is 0 Å². The number of rotatable bonds is 16. The number of carboxylic acid groups (broad SMARTS) is 2. The van der Waals surface area contributed by atoms with E-state index in [0.29, 0.717) is 6.42 Å². The van der Waals surface area contributed by atoms with Gasteiger partial charge in [-0.15, -0.1) is 0 Å². The minimum Gasteiger partial charge on any atom is -0.481 e. The number of nitrogens with one attached hydrogen (secondary N) is 3. The molecule has 4 unspecified atom stereocenters. The summed E-state index contributed by atoms with van der Waals surface area (Å²) >= 11 is 4.04. The van der Waals surface area contributed by atoms with Crippen LogP contribution < -0.4 is 33.2 Å². The van der Waals surface area contributed by atoms with Gasteiger partial charge in [0.15, 0.2) is 5.96 Å². The summed E-state index contributed by atoms with van der Waals surface area (Å²) in [5.41, 5.74) is 16.1. The van der Waals surface area contributed by atoms with Crippen molar-refractivity contribution >= 4 is 48.2 Å². The molecule has 0 aromatic rings. The zero-order valence-corrected chi connectivity index (χ0v) is 20.1. The maximum Gasteiger partial charge on any atom is 0.326 e. The van der Waals surface area contributed by atoms with Gasteiger partial charge in [0.2, 0.25) is 17.7 Å². The molecule has 3 amide bonds. The Bertz CT molecular complexity index is 759. The molecule has 0 aromatic carbocycles. The number of carbonyl (C=O) groups is 5. The highest BCUT2D eigenvalue weighted by molar-refractivity contribution is 7.80. The maximum atomic E-state index is 12.7. The number of carboxylic acids is 2. The van der Waals surface area contributed by atoms with Gasteiger partial charge < -0.3 is 43.4 Å². The van der Waals surface area contributed by atoms with E-state index in [0.717, 1.165) is 0 Å². The van der Waals surface area contributed by atoms with Gasteiger partial charge >= 0.3 is 11.9 Å². The summed E-state index contributed by atoms with van der Waals surface area (Å²) in [6.07, 6.45) is -0.0958. The Labute approximate surface area is 202 Å². The van der Waals surface area contributed by atoms with Crippen LogP contribution >= 0.6 is 12.6 Å². The third-order valence-corrected chi connectivity index (χ3v) is 4.99. The Morgan fingerprint density at radius 2 is 1.50 bits per heavy atom. The molecule has 15 heteroatoms. The Kier molecular flexibility index (Phi) is 14.3. The van der Waals surface area contributed by atoms with Crippen molar-refractivity contribution in [2.75, 3.05) is 12.3 Å². The van der Waals surface area contributed by atoms with E-state index in [1.165, 1.54) is 0 Å². The molecule has 0 aliphatic rings. The van der Waals surface area contributed by atoms with Gasteiger partial charge in [-0.2, -0.15) is 12.6 Å². The van der Waals surface area contributed by atoms with E-state index in [4.69, 9.17) is 22.3 Å². The number of hydrogen-bond acceptors (Lipinski definition) is 8. The van der Waals surface area contributed by atoms with Crippen molar-refractivity contribution < 1.29 is 34.2 Å². The van der Waals surface area contributed by atoms with E-state index < -0.39 is 59.7 Å². The van der Waals surface area contributed by atoms with Crippen molar-refractivity contribution in [3.8, 4) is 0 Å². The molecule has 0 heterocycles. The average Bonchev–Trinajstić information content (AvgIpc) is 2.74. The average molecular weight is 506 g/mol. The van der Waals surface area contributed by atoms with Gasteiger partial charge in [-0.05, 0) is 25.2 Å². The first-order chi connectivity index (χ1) is 15.8. The summed E-state index contributed by atoms with van der Waals surface area (Å²) < 4.78 is 0. The highest BCUT2D eigenvalue weighted by atomic mass is 32.1. The van der Waals surface area contributed by atoms with Gasteiger partial charge in [-0.1, -0.05) is 13.8 Å². The van der Waals surface area contributed by atoms with Gasteiger partial charge in [0.25, 0.3) is 0 Å². The first-order valence-electron chi connectivity index (χ1n) is 10.6. The zero-order chi connectivity index (χ0) is 26.4. The van der Waals surface area contributed by atoms with E-state index in [-0.39, 0.29) is 37.5 Å². The highest BCUT2D eigenvalue weighted by Gasteiger charge is 2.31. The highest BCUT2D eigenvalue weighted by Crippen LogP contribution is 2.06. The molecule has 0 saturated carbocycles. The van der Waals surface area contributed by atoms with Crippen molar-refractivity contribution in [3.05, 3.63) is 0 Å². The summed E-state index contributed by atoms with van der Waals surface area (Å²) in [5.74, 6) is -5.26. The smallest absolute Gasteiger partial charge is 0.326 e. The fraction of sp³-hybridized carbons (Fsp3) is 0.684. The van der Waals surface area contributed by atoms with Crippen LogP contribution in [0.15, 0.2) is 4.99 Å². The van der Waals surface area contributed by atoms with Gasteiger partial charge in [-0.3, -0.25) is 24.2 Å². The summed E-state index contributed by atoms with van der Waals surface area (Å²) in [7, 11) is 0. The molecule has 0 saturated heterocycles. The SMILES string of the molecule is CC(C)C(NC(=O)C(CS)NC(=O)C(N)CCC(=O)O)C(=O)NC(CCCN=C(N)N)C(=O)O. The molecule has 11 N–H and O–H groups in total. The number of thiol groups is 1. The van der Waals surface area contributed by atoms with Crippen molar-refractivity contribution in [2.45, 2.75) is 63.7 Å². The molecule has 14 nitrogen and oxygen atoms in total. The van der Waals surface area contributed by atoms with Gasteiger partial charge in [0, 0.05) is 18.7 Å². The molecule has 194 valence electrons. The number of aliphatic carboxylic acids is 2. The lowest BCUT2D eigenvalue weighted by molar-refractivity contribution is -0.143. The van der Waals surface area contributed by atoms with Crippen LogP contribution in [0.1, 0.15) is 39.5 Å². The number of guanidine groups is 1. The van der Waals surface area contributed by atoms with Crippen molar-refractivity contribution in [1.82, 2.24) is 16.0 Å². The number of hydrogen-bond donors (Lipinski definition) is 9. The molecule has 34 heavy (non-hydrogen) atoms. The van der Waals surface area contributed by atoms with Crippen molar-refractivity contribution in [2.24, 2.45) is 28.1 Å². The number of amides is 3. The van der Waals surface area contributed by atoms with Gasteiger partial charge in [0.05, 0.1) is 6.04 Å². The quantitative estimate of drug-likeness (QED) is 0.0456. The molecule has 4 atom stereocenters. The van der Waals surface area contributed by atoms with Gasteiger partial charge in [-0.25, -0.2) is 4.79 Å². The molecular formula is C19H35N7O7S. The second-order valence-corrected chi connectivity index (χ2v) is 8.23. The lowest BCUT2D eigenvalue weighted by atomic mass is 10.0. The number of carbonyl (C=O) groups excluding carboxylic acids is 3. The van der Waals surface area contributed by atoms with Crippen LogP contribution in [0.2, 0.25) is 0 Å². The summed E-state index contributed by atoms with van der Waals surface area (Å²) in [4.78, 5) is 63.5. The molecule has 0 rings (SSSR count). The van der Waals surface area contributed by atoms with E-state index in [9.17, 15) is 29.1 Å². The first-order valence-corrected chi connectivity index (χ1v) is 11.2. The van der Waals surface area contributed by atoms with Crippen molar-refractivity contribution in [3.63, 3.8) is 0 Å². The summed E-state index contributed by atoms with van der Waals surface area (Å²) in [5, 5.41) is 25.3. The lowest BCUT2D eigenvalue weighted by Crippen LogP contribution is -2.59. The fourth-order valence-corrected chi connectivity index (χ4v) is 2.95. The van der Waals surface area contributed by atoms with E-state index in [2.05, 4.69) is 33.6 Å². The largest absolute Gasteiger partial charge is 0.481 e. The monoisotopic (exact) mass is 505 g/mol. The fourth-order valence-electron chi connectivity index (χ4n) is 2.69. The van der Waals surface area contributed by atoms with Crippen LogP contribution in [0.25, 0.3) is 0 Å². The number of aliphatic imine (C=N–C) groups is 1. The molecule has 0 fully saturated rings. The minimum absolute atomic E-state index is 0.0557. The van der Waals surface area contributed by atoms with E-state index in [1.54, 1.807) is 13.8 Å². The molecule has 0 bridgehead atoms. The Hall–Kier alpha value is -3.07. The zero-order valence-electron chi connectivity index (χ0n) is 19.2. The molecule has 0 aromatic heterocycles. The van der Waals surface area contributed by atoms with Crippen molar-refractivity contribution in [1.29, 1.82) is 0 Å².